The number of alkyl halides is 4. The summed E-state index contributed by atoms with van der Waals surface area (Å²) in [6, 6.07) is -0.573. The lowest BCUT2D eigenvalue weighted by molar-refractivity contribution is -0.135. The van der Waals surface area contributed by atoms with E-state index in [2.05, 4.69) is 5.32 Å². The molecule has 17 heavy (non-hydrogen) atoms. The molecule has 100 valence electrons. The van der Waals surface area contributed by atoms with E-state index in [-0.39, 0.29) is 25.2 Å². The average Bonchev–Trinajstić information content (AvgIpc) is 2.19. The number of carbonyl (C=O) groups excluding carboxylic acids is 1. The summed E-state index contributed by atoms with van der Waals surface area (Å²) in [6.07, 6.45) is -3.75. The van der Waals surface area contributed by atoms with Crippen LogP contribution in [-0.4, -0.2) is 24.3 Å². The van der Waals surface area contributed by atoms with Crippen molar-refractivity contribution in [2.75, 3.05) is 0 Å². The van der Waals surface area contributed by atoms with E-state index in [4.69, 9.17) is 0 Å². The third-order valence-electron chi connectivity index (χ3n) is 3.25. The van der Waals surface area contributed by atoms with Gasteiger partial charge in [-0.3, -0.25) is 4.79 Å². The summed E-state index contributed by atoms with van der Waals surface area (Å²) in [5.74, 6) is -4.66. The molecule has 0 spiro atoms. The quantitative estimate of drug-likeness (QED) is 0.772. The number of nitrogens with one attached hydrogen (secondary N) is 1. The molecule has 0 bridgehead atoms. The zero-order valence-electron chi connectivity index (χ0n) is 9.85. The molecule has 1 saturated carbocycles. The lowest BCUT2D eigenvalue weighted by atomic mass is 9.76. The number of hydrogen-bond acceptors (Lipinski definition) is 1. The SMILES string of the molecule is CC(C)[C@@H]1CC(F)(F)CC[C@H]1NC(=O)C(F)F. The van der Waals surface area contributed by atoms with Crippen LogP contribution in [0.3, 0.4) is 0 Å². The predicted octanol–water partition coefficient (Wildman–Crippen LogP) is 2.83. The molecule has 1 rings (SSSR count). The molecule has 0 aromatic heterocycles. The van der Waals surface area contributed by atoms with Crippen LogP contribution < -0.4 is 5.32 Å². The van der Waals surface area contributed by atoms with Gasteiger partial charge in [0.1, 0.15) is 0 Å². The van der Waals surface area contributed by atoms with Gasteiger partial charge in [-0.15, -0.1) is 0 Å². The molecule has 0 saturated heterocycles. The van der Waals surface area contributed by atoms with Crippen LogP contribution in [0.25, 0.3) is 0 Å². The number of halogens is 4. The van der Waals surface area contributed by atoms with Gasteiger partial charge in [-0.05, 0) is 18.3 Å². The van der Waals surface area contributed by atoms with Crippen LogP contribution in [0.15, 0.2) is 0 Å². The summed E-state index contributed by atoms with van der Waals surface area (Å²) >= 11 is 0. The predicted molar refractivity (Wildman–Crippen MR) is 55.1 cm³/mol. The third kappa shape index (κ3) is 3.85. The topological polar surface area (TPSA) is 29.1 Å². The Morgan fingerprint density at radius 3 is 2.41 bits per heavy atom. The molecular weight excluding hydrogens is 238 g/mol. The first-order valence-corrected chi connectivity index (χ1v) is 5.69. The molecule has 0 radical (unpaired) electrons. The molecular formula is C11H17F4NO. The maximum atomic E-state index is 13.2. The van der Waals surface area contributed by atoms with Crippen molar-refractivity contribution in [1.82, 2.24) is 5.32 Å². The molecule has 1 amide bonds. The van der Waals surface area contributed by atoms with Crippen LogP contribution in [0.2, 0.25) is 0 Å². The zero-order valence-corrected chi connectivity index (χ0v) is 9.85. The van der Waals surface area contributed by atoms with Crippen LogP contribution in [-0.2, 0) is 4.79 Å². The molecule has 1 fully saturated rings. The molecule has 2 nitrogen and oxygen atoms in total. The van der Waals surface area contributed by atoms with Gasteiger partial charge in [-0.1, -0.05) is 13.8 Å². The Morgan fingerprint density at radius 2 is 1.94 bits per heavy atom. The van der Waals surface area contributed by atoms with Crippen LogP contribution in [0.4, 0.5) is 17.6 Å². The van der Waals surface area contributed by atoms with Crippen molar-refractivity contribution in [3.05, 3.63) is 0 Å². The molecule has 1 N–H and O–H groups in total. The third-order valence-corrected chi connectivity index (χ3v) is 3.25. The highest BCUT2D eigenvalue weighted by Crippen LogP contribution is 2.40. The van der Waals surface area contributed by atoms with E-state index in [0.29, 0.717) is 0 Å². The van der Waals surface area contributed by atoms with Gasteiger partial charge in [0.15, 0.2) is 0 Å². The Balaban J connectivity index is 2.67. The summed E-state index contributed by atoms with van der Waals surface area (Å²) in [4.78, 5) is 10.9. The minimum Gasteiger partial charge on any atom is -0.348 e. The minimum atomic E-state index is -3.09. The average molecular weight is 255 g/mol. The fourth-order valence-electron chi connectivity index (χ4n) is 2.30. The maximum Gasteiger partial charge on any atom is 0.315 e. The highest BCUT2D eigenvalue weighted by Gasteiger charge is 2.43. The van der Waals surface area contributed by atoms with Crippen LogP contribution in [0.5, 0.6) is 0 Å². The fraction of sp³-hybridized carbons (Fsp3) is 0.909. The van der Waals surface area contributed by atoms with E-state index in [9.17, 15) is 22.4 Å². The van der Waals surface area contributed by atoms with Gasteiger partial charge in [0, 0.05) is 18.9 Å². The Morgan fingerprint density at radius 1 is 1.35 bits per heavy atom. The van der Waals surface area contributed by atoms with Gasteiger partial charge in [0.2, 0.25) is 5.92 Å². The number of hydrogen-bond donors (Lipinski definition) is 1. The number of amides is 1. The first kappa shape index (κ1) is 14.3. The van der Waals surface area contributed by atoms with Crippen LogP contribution in [0.1, 0.15) is 33.1 Å². The summed E-state index contributed by atoms with van der Waals surface area (Å²) in [7, 11) is 0. The second-order valence-corrected chi connectivity index (χ2v) is 4.92. The lowest BCUT2D eigenvalue weighted by Crippen LogP contribution is -2.49. The molecule has 0 aliphatic heterocycles. The van der Waals surface area contributed by atoms with E-state index < -0.39 is 30.2 Å². The Labute approximate surface area is 97.8 Å². The standard InChI is InChI=1S/C11H17F4NO/c1-6(2)7-5-11(14,15)4-3-8(7)16-10(17)9(12)13/h6-9H,3-5H2,1-2H3,(H,16,17)/t7-,8+/m0/s1. The van der Waals surface area contributed by atoms with Crippen LogP contribution >= 0.6 is 0 Å². The first-order chi connectivity index (χ1) is 7.73. The molecule has 0 unspecified atom stereocenters. The van der Waals surface area contributed by atoms with E-state index >= 15 is 0 Å². The van der Waals surface area contributed by atoms with E-state index in [1.807, 2.05) is 0 Å². The van der Waals surface area contributed by atoms with Crippen molar-refractivity contribution in [2.45, 2.75) is 51.5 Å². The number of rotatable bonds is 3. The Hall–Kier alpha value is -0.810. The smallest absolute Gasteiger partial charge is 0.315 e. The molecule has 1 aliphatic carbocycles. The summed E-state index contributed by atoms with van der Waals surface area (Å²) in [6.45, 7) is 3.52. The zero-order chi connectivity index (χ0) is 13.2. The monoisotopic (exact) mass is 255 g/mol. The van der Waals surface area contributed by atoms with Crippen LogP contribution in [0, 0.1) is 11.8 Å². The van der Waals surface area contributed by atoms with Crippen molar-refractivity contribution in [3.8, 4) is 0 Å². The highest BCUT2D eigenvalue weighted by atomic mass is 19.3. The molecule has 0 aromatic carbocycles. The summed E-state index contributed by atoms with van der Waals surface area (Å²) < 4.78 is 50.7. The van der Waals surface area contributed by atoms with E-state index in [0.717, 1.165) is 0 Å². The summed E-state index contributed by atoms with van der Waals surface area (Å²) in [5, 5.41) is 2.17. The molecule has 0 aromatic rings. The molecule has 0 heterocycles. The van der Waals surface area contributed by atoms with E-state index in [1.165, 1.54) is 0 Å². The maximum absolute atomic E-state index is 13.2. The van der Waals surface area contributed by atoms with Gasteiger partial charge >= 0.3 is 6.43 Å². The Kier molecular flexibility index (Phi) is 4.38. The van der Waals surface area contributed by atoms with Crippen molar-refractivity contribution in [3.63, 3.8) is 0 Å². The van der Waals surface area contributed by atoms with Gasteiger partial charge in [0.25, 0.3) is 5.91 Å². The van der Waals surface area contributed by atoms with Crippen molar-refractivity contribution in [1.29, 1.82) is 0 Å². The minimum absolute atomic E-state index is 0.0499. The largest absolute Gasteiger partial charge is 0.348 e. The van der Waals surface area contributed by atoms with E-state index in [1.54, 1.807) is 13.8 Å². The van der Waals surface area contributed by atoms with Gasteiger partial charge in [-0.25, -0.2) is 8.78 Å². The van der Waals surface area contributed by atoms with Gasteiger partial charge < -0.3 is 5.32 Å². The van der Waals surface area contributed by atoms with Gasteiger partial charge in [-0.2, -0.15) is 8.78 Å². The Bertz CT molecular complexity index is 281. The summed E-state index contributed by atoms with van der Waals surface area (Å²) in [5.41, 5.74) is 0. The second kappa shape index (κ2) is 5.23. The highest BCUT2D eigenvalue weighted by molar-refractivity contribution is 5.79. The second-order valence-electron chi connectivity index (χ2n) is 4.92. The van der Waals surface area contributed by atoms with Gasteiger partial charge in [0.05, 0.1) is 0 Å². The number of carbonyl (C=O) groups is 1. The van der Waals surface area contributed by atoms with Crippen molar-refractivity contribution >= 4 is 5.91 Å². The normalized spacial score (nSPS) is 28.5. The molecule has 2 atom stereocenters. The fourth-order valence-corrected chi connectivity index (χ4v) is 2.30. The first-order valence-electron chi connectivity index (χ1n) is 5.69. The molecule has 1 aliphatic rings. The molecule has 6 heteroatoms. The van der Waals surface area contributed by atoms with Crippen molar-refractivity contribution < 1.29 is 22.4 Å². The van der Waals surface area contributed by atoms with Crippen molar-refractivity contribution in [2.24, 2.45) is 11.8 Å². The lowest BCUT2D eigenvalue weighted by Gasteiger charge is -2.38.